The molecule has 0 aromatic rings. The van der Waals surface area contributed by atoms with Gasteiger partial charge in [0.2, 0.25) is 5.91 Å². The second-order valence-corrected chi connectivity index (χ2v) is 23.4. The molecular formula is C64H119N2O6P. The second kappa shape index (κ2) is 54.7. The van der Waals surface area contributed by atoms with E-state index in [-0.39, 0.29) is 19.1 Å². The molecule has 3 unspecified atom stereocenters. The van der Waals surface area contributed by atoms with Crippen LogP contribution in [0.2, 0.25) is 0 Å². The topological polar surface area (TPSA) is 108 Å². The predicted molar refractivity (Wildman–Crippen MR) is 316 cm³/mol. The van der Waals surface area contributed by atoms with E-state index in [9.17, 15) is 19.4 Å². The zero-order valence-corrected chi connectivity index (χ0v) is 49.5. The Morgan fingerprint density at radius 2 is 0.836 bits per heavy atom. The number of carbonyl (C=O) groups excluding carboxylic acids is 1. The lowest BCUT2D eigenvalue weighted by atomic mass is 10.0. The Kier molecular flexibility index (Phi) is 53.2. The molecule has 9 heteroatoms. The van der Waals surface area contributed by atoms with Gasteiger partial charge in [-0.1, -0.05) is 279 Å². The first-order chi connectivity index (χ1) is 35.5. The Bertz CT molecular complexity index is 1420. The summed E-state index contributed by atoms with van der Waals surface area (Å²) in [5.41, 5.74) is 0. The van der Waals surface area contributed by atoms with Crippen LogP contribution in [0.1, 0.15) is 277 Å². The summed E-state index contributed by atoms with van der Waals surface area (Å²) in [5.74, 6) is -0.163. The number of hydrogen-bond acceptors (Lipinski definition) is 6. The van der Waals surface area contributed by atoms with Crippen LogP contribution in [0.5, 0.6) is 0 Å². The third-order valence-electron chi connectivity index (χ3n) is 13.7. The molecule has 73 heavy (non-hydrogen) atoms. The van der Waals surface area contributed by atoms with Gasteiger partial charge in [0.05, 0.1) is 39.9 Å². The van der Waals surface area contributed by atoms with Gasteiger partial charge in [0.15, 0.2) is 0 Å². The van der Waals surface area contributed by atoms with E-state index in [1.54, 1.807) is 0 Å². The number of unbranched alkanes of at least 4 members (excludes halogenated alkanes) is 31. The number of quaternary nitrogens is 1. The van der Waals surface area contributed by atoms with Gasteiger partial charge in [0.1, 0.15) is 13.2 Å². The van der Waals surface area contributed by atoms with Crippen molar-refractivity contribution in [3.63, 3.8) is 0 Å². The predicted octanol–water partition coefficient (Wildman–Crippen LogP) is 18.4. The molecule has 3 atom stereocenters. The summed E-state index contributed by atoms with van der Waals surface area (Å²) < 4.78 is 23.4. The molecule has 426 valence electrons. The number of phosphoric ester groups is 1. The van der Waals surface area contributed by atoms with E-state index in [0.29, 0.717) is 23.9 Å². The first kappa shape index (κ1) is 70.9. The van der Waals surface area contributed by atoms with Crippen molar-refractivity contribution >= 4 is 13.7 Å². The fourth-order valence-electron chi connectivity index (χ4n) is 8.93. The van der Waals surface area contributed by atoms with Crippen molar-refractivity contribution < 1.29 is 32.9 Å². The minimum Gasteiger partial charge on any atom is -0.756 e. The average Bonchev–Trinajstić information content (AvgIpc) is 3.35. The maximum atomic E-state index is 13.0. The summed E-state index contributed by atoms with van der Waals surface area (Å²) in [6.07, 6.45) is 75.3. The van der Waals surface area contributed by atoms with Crippen molar-refractivity contribution in [2.75, 3.05) is 40.9 Å². The van der Waals surface area contributed by atoms with Gasteiger partial charge in [0, 0.05) is 6.42 Å². The Balaban J connectivity index is 3.89. The standard InChI is InChI=1S/C64H119N2O6P/c1-6-8-10-12-14-16-18-20-21-22-23-24-25-26-27-28-29-30-31-32-33-34-35-36-37-38-39-40-41-42-43-44-45-46-48-50-52-54-56-58-64(68)65-62(61-72-73(69,70)71-60-59-66(3,4)5)63(67)57-55-53-51-49-47-19-17-15-13-11-9-7-2/h8,10,14,16,20-21,23-24,26-27,29-30,62-63,67H,6-7,9,11-13,15,17-19,22,25,28,31-61H2,1-5H3,(H-,65,68,69,70)/b10-8-,16-14-,21-20-,24-23-,27-26-,30-29-. The number of aliphatic hydroxyl groups excluding tert-OH is 1. The van der Waals surface area contributed by atoms with E-state index in [2.05, 4.69) is 92.1 Å². The molecular weight excluding hydrogens is 924 g/mol. The van der Waals surface area contributed by atoms with E-state index < -0.39 is 20.0 Å². The highest BCUT2D eigenvalue weighted by atomic mass is 31.2. The highest BCUT2D eigenvalue weighted by Crippen LogP contribution is 2.38. The average molecular weight is 1040 g/mol. The smallest absolute Gasteiger partial charge is 0.268 e. The Morgan fingerprint density at radius 1 is 0.493 bits per heavy atom. The molecule has 0 saturated heterocycles. The fraction of sp³-hybridized carbons (Fsp3) is 0.797. The van der Waals surface area contributed by atoms with Crippen LogP contribution < -0.4 is 10.2 Å². The summed E-state index contributed by atoms with van der Waals surface area (Å²) in [6, 6.07) is -0.800. The van der Waals surface area contributed by atoms with E-state index in [1.165, 1.54) is 173 Å². The molecule has 0 aliphatic heterocycles. The molecule has 0 aliphatic rings. The summed E-state index contributed by atoms with van der Waals surface area (Å²) >= 11 is 0. The molecule has 0 aliphatic carbocycles. The minimum atomic E-state index is -4.57. The normalized spacial score (nSPS) is 14.3. The van der Waals surface area contributed by atoms with Crippen molar-refractivity contribution in [1.29, 1.82) is 0 Å². The fourth-order valence-corrected chi connectivity index (χ4v) is 9.65. The summed E-state index contributed by atoms with van der Waals surface area (Å²) in [5, 5.41) is 14.0. The Hall–Kier alpha value is -2.06. The zero-order valence-electron chi connectivity index (χ0n) is 48.6. The maximum absolute atomic E-state index is 13.0. The Morgan fingerprint density at radius 3 is 1.22 bits per heavy atom. The number of allylic oxidation sites excluding steroid dienone is 12. The second-order valence-electron chi connectivity index (χ2n) is 22.0. The first-order valence-electron chi connectivity index (χ1n) is 30.8. The van der Waals surface area contributed by atoms with E-state index >= 15 is 0 Å². The van der Waals surface area contributed by atoms with Gasteiger partial charge < -0.3 is 28.8 Å². The quantitative estimate of drug-likeness (QED) is 0.0272. The summed E-state index contributed by atoms with van der Waals surface area (Å²) in [4.78, 5) is 25.5. The van der Waals surface area contributed by atoms with Crippen LogP contribution >= 0.6 is 7.82 Å². The number of nitrogens with one attached hydrogen (secondary N) is 1. The molecule has 0 fully saturated rings. The molecule has 0 radical (unpaired) electrons. The number of phosphoric acid groups is 1. The van der Waals surface area contributed by atoms with Crippen molar-refractivity contribution in [1.82, 2.24) is 5.32 Å². The van der Waals surface area contributed by atoms with Crippen molar-refractivity contribution in [3.05, 3.63) is 72.9 Å². The van der Waals surface area contributed by atoms with Crippen molar-refractivity contribution in [2.24, 2.45) is 0 Å². The summed E-state index contributed by atoms with van der Waals surface area (Å²) in [6.45, 7) is 4.61. The molecule has 0 aromatic carbocycles. The number of nitrogens with zero attached hydrogens (tertiary/aromatic N) is 1. The number of carbonyl (C=O) groups is 1. The van der Waals surface area contributed by atoms with E-state index in [1.807, 2.05) is 21.1 Å². The van der Waals surface area contributed by atoms with Crippen molar-refractivity contribution in [3.8, 4) is 0 Å². The zero-order chi connectivity index (χ0) is 53.5. The van der Waals surface area contributed by atoms with E-state index in [4.69, 9.17) is 9.05 Å². The van der Waals surface area contributed by atoms with Crippen molar-refractivity contribution in [2.45, 2.75) is 289 Å². The van der Waals surface area contributed by atoms with Gasteiger partial charge in [-0.25, -0.2) is 0 Å². The molecule has 8 nitrogen and oxygen atoms in total. The molecule has 1 amide bonds. The minimum absolute atomic E-state index is 0.0122. The lowest BCUT2D eigenvalue weighted by molar-refractivity contribution is -0.870. The van der Waals surface area contributed by atoms with Gasteiger partial charge in [0.25, 0.3) is 7.82 Å². The monoisotopic (exact) mass is 1040 g/mol. The van der Waals surface area contributed by atoms with Crippen LogP contribution in [0.3, 0.4) is 0 Å². The number of rotatable bonds is 56. The number of likely N-dealkylation sites (N-methyl/N-ethyl adjacent to an activating group) is 1. The van der Waals surface area contributed by atoms with Gasteiger partial charge in [-0.15, -0.1) is 0 Å². The summed E-state index contributed by atoms with van der Waals surface area (Å²) in [7, 11) is 1.31. The molecule has 0 bridgehead atoms. The third-order valence-corrected chi connectivity index (χ3v) is 14.7. The largest absolute Gasteiger partial charge is 0.756 e. The van der Waals surface area contributed by atoms with Crippen LogP contribution in [0.4, 0.5) is 0 Å². The molecule has 0 heterocycles. The van der Waals surface area contributed by atoms with Gasteiger partial charge in [-0.2, -0.15) is 0 Å². The van der Waals surface area contributed by atoms with Crippen LogP contribution in [0.25, 0.3) is 0 Å². The molecule has 0 spiro atoms. The van der Waals surface area contributed by atoms with Gasteiger partial charge >= 0.3 is 0 Å². The maximum Gasteiger partial charge on any atom is 0.268 e. The van der Waals surface area contributed by atoms with Gasteiger partial charge in [-0.3, -0.25) is 9.36 Å². The lowest BCUT2D eigenvalue weighted by Crippen LogP contribution is -2.46. The van der Waals surface area contributed by atoms with Crippen LogP contribution in [0.15, 0.2) is 72.9 Å². The van der Waals surface area contributed by atoms with Crippen LogP contribution in [-0.2, 0) is 18.4 Å². The molecule has 0 saturated carbocycles. The third kappa shape index (κ3) is 57.5. The number of aliphatic hydroxyl groups is 1. The van der Waals surface area contributed by atoms with E-state index in [0.717, 1.165) is 77.0 Å². The number of hydrogen-bond donors (Lipinski definition) is 2. The van der Waals surface area contributed by atoms with Crippen LogP contribution in [0, 0.1) is 0 Å². The van der Waals surface area contributed by atoms with Crippen LogP contribution in [-0.4, -0.2) is 68.5 Å². The molecule has 0 rings (SSSR count). The van der Waals surface area contributed by atoms with Gasteiger partial charge in [-0.05, 0) is 64.2 Å². The number of amides is 1. The highest BCUT2D eigenvalue weighted by molar-refractivity contribution is 7.45. The highest BCUT2D eigenvalue weighted by Gasteiger charge is 2.24. The lowest BCUT2D eigenvalue weighted by Gasteiger charge is -2.30. The molecule has 0 aromatic heterocycles. The first-order valence-corrected chi connectivity index (χ1v) is 32.2. The Labute approximate surface area is 453 Å². The SMILES string of the molecule is CC/C=C\C/C=C\C/C=C\C/C=C\C/C=C\C/C=C\CCCCCCCCCCCCCCCCCCCCCCC(=O)NC(COP(=O)([O-])OCC[N+](C)(C)C)C(O)CCCCCCCCCCCCCC. The molecule has 2 N–H and O–H groups in total.